The molecule has 1 unspecified atom stereocenters. The van der Waals surface area contributed by atoms with Gasteiger partial charge in [-0.25, -0.2) is 14.5 Å². The van der Waals surface area contributed by atoms with Crippen LogP contribution in [0.4, 0.5) is 15.6 Å². The SMILES string of the molecule is C=C/C=C(\C=C)CNC(=O)C(c1ccc(Cl)c(Cl)c1)N(CC1CC1)C(=O)CCc1ccc(OCCCCN(C)CCOCCOCCc2cn(CCOCCOc3ccc(NC(=O)Nc4nc(CC(=O)N5CCN(C)CC5)cs4)cc3)nn2)cc1. The zero-order chi connectivity index (χ0) is 60.2. The molecule has 5 aromatic rings. The number of unbranched alkanes of at least 4 members (excludes halogenated alkanes) is 1. The Morgan fingerprint density at radius 3 is 2.25 bits per heavy atom. The molecule has 2 aliphatic rings. The number of piperazine rings is 1. The molecule has 3 N–H and O–H groups in total. The number of carbonyl (C=O) groups is 4. The van der Waals surface area contributed by atoms with E-state index in [1.54, 1.807) is 75.7 Å². The number of ether oxygens (including phenoxy) is 5. The van der Waals surface area contributed by atoms with Crippen molar-refractivity contribution >= 4 is 69.1 Å². The average Bonchev–Trinajstić information content (AvgIpc) is 3.84. The van der Waals surface area contributed by atoms with Crippen LogP contribution in [0.3, 0.4) is 0 Å². The smallest absolute Gasteiger partial charge is 0.325 e. The van der Waals surface area contributed by atoms with Crippen LogP contribution in [-0.4, -0.2) is 183 Å². The highest BCUT2D eigenvalue weighted by atomic mass is 35.5. The summed E-state index contributed by atoms with van der Waals surface area (Å²) in [6, 6.07) is 18.7. The van der Waals surface area contributed by atoms with Gasteiger partial charge in [0, 0.05) is 75.9 Å². The van der Waals surface area contributed by atoms with Crippen molar-refractivity contribution in [2.24, 2.45) is 5.92 Å². The van der Waals surface area contributed by atoms with Crippen molar-refractivity contribution in [2.75, 3.05) is 130 Å². The lowest BCUT2D eigenvalue weighted by Crippen LogP contribution is -2.47. The molecule has 3 heterocycles. The number of hydrogen-bond donors (Lipinski definition) is 3. The van der Waals surface area contributed by atoms with E-state index in [-0.39, 0.29) is 37.1 Å². The van der Waals surface area contributed by atoms with Crippen LogP contribution in [-0.2, 0) is 54.4 Å². The molecule has 23 heteroatoms. The Morgan fingerprint density at radius 2 is 1.52 bits per heavy atom. The number of aromatic nitrogens is 4. The third kappa shape index (κ3) is 23.6. The number of allylic oxidation sites excluding steroid dienone is 2. The standard InChI is InChI=1S/C62H81Cl2N11O9S/c1-5-9-46(6-2)42-65-60(78)59(49-15-22-55(63)56(64)40-49)75(43-48-10-11-48)57(76)23-14-47-12-18-53(19-13-47)83-32-8-7-25-71(3)30-34-81-37-36-80-33-24-51-44-74(70-69-51)31-35-82-38-39-84-54-20-16-50(17-21-54)66-61(79)68-62-67-52(45-85-62)41-58(77)73-28-26-72(4)27-29-73/h5-6,9,12-13,15-22,40,44-45,48,59H,1-2,7-8,10-11,14,23-39,41-43H2,3-4H3,(H,65,78)(H2,66,67,68,79)/b46-9+. The van der Waals surface area contributed by atoms with Gasteiger partial charge < -0.3 is 53.9 Å². The van der Waals surface area contributed by atoms with Crippen molar-refractivity contribution in [3.05, 3.63) is 148 Å². The number of carbonyl (C=O) groups excluding carboxylic acids is 4. The number of aryl methyl sites for hydroxylation is 1. The zero-order valence-electron chi connectivity index (χ0n) is 48.9. The third-order valence-corrected chi connectivity index (χ3v) is 15.8. The molecule has 0 spiro atoms. The van der Waals surface area contributed by atoms with Crippen molar-refractivity contribution in [3.63, 3.8) is 0 Å². The summed E-state index contributed by atoms with van der Waals surface area (Å²) < 4.78 is 30.9. The number of benzene rings is 3. The van der Waals surface area contributed by atoms with E-state index >= 15 is 0 Å². The van der Waals surface area contributed by atoms with E-state index in [1.807, 2.05) is 42.4 Å². The van der Waals surface area contributed by atoms with Gasteiger partial charge in [-0.15, -0.1) is 16.4 Å². The lowest BCUT2D eigenvalue weighted by molar-refractivity contribution is -0.141. The summed E-state index contributed by atoms with van der Waals surface area (Å²) in [5, 5.41) is 19.9. The highest BCUT2D eigenvalue weighted by Gasteiger charge is 2.36. The van der Waals surface area contributed by atoms with E-state index in [4.69, 9.17) is 46.9 Å². The predicted octanol–water partition coefficient (Wildman–Crippen LogP) is 8.79. The molecule has 458 valence electrons. The van der Waals surface area contributed by atoms with Gasteiger partial charge in [0.15, 0.2) is 5.13 Å². The number of hydrogen-bond acceptors (Lipinski definition) is 15. The third-order valence-electron chi connectivity index (χ3n) is 14.2. The average molecular weight is 1230 g/mol. The number of rotatable bonds is 38. The lowest BCUT2D eigenvalue weighted by atomic mass is 10.0. The number of urea groups is 1. The van der Waals surface area contributed by atoms with Gasteiger partial charge in [0.25, 0.3) is 0 Å². The molecule has 5 amide bonds. The molecule has 0 bridgehead atoms. The molecule has 1 aliphatic carbocycles. The predicted molar refractivity (Wildman–Crippen MR) is 333 cm³/mol. The van der Waals surface area contributed by atoms with E-state index in [0.717, 1.165) is 74.4 Å². The molecule has 3 aromatic carbocycles. The Hall–Kier alpha value is -6.69. The van der Waals surface area contributed by atoms with Crippen molar-refractivity contribution in [3.8, 4) is 11.5 Å². The van der Waals surface area contributed by atoms with Crippen LogP contribution in [0, 0.1) is 5.92 Å². The van der Waals surface area contributed by atoms with Crippen molar-refractivity contribution in [2.45, 2.75) is 64.0 Å². The van der Waals surface area contributed by atoms with E-state index in [9.17, 15) is 19.2 Å². The summed E-state index contributed by atoms with van der Waals surface area (Å²) in [6.45, 7) is 17.6. The highest BCUT2D eigenvalue weighted by Crippen LogP contribution is 2.35. The van der Waals surface area contributed by atoms with Crippen LogP contribution in [0.1, 0.15) is 60.7 Å². The normalized spacial score (nSPS) is 14.0. The first-order chi connectivity index (χ1) is 41.3. The molecule has 7 rings (SSSR count). The summed E-state index contributed by atoms with van der Waals surface area (Å²) in [7, 11) is 4.13. The van der Waals surface area contributed by atoms with Crippen LogP contribution in [0.5, 0.6) is 11.5 Å². The molecule has 85 heavy (non-hydrogen) atoms. The second-order valence-electron chi connectivity index (χ2n) is 21.0. The molecule has 1 saturated carbocycles. The Morgan fingerprint density at radius 1 is 0.800 bits per heavy atom. The number of nitrogens with one attached hydrogen (secondary N) is 3. The van der Waals surface area contributed by atoms with Gasteiger partial charge in [-0.1, -0.05) is 78.0 Å². The van der Waals surface area contributed by atoms with Gasteiger partial charge in [0.1, 0.15) is 24.1 Å². The van der Waals surface area contributed by atoms with E-state index < -0.39 is 12.1 Å². The first-order valence-electron chi connectivity index (χ1n) is 29.0. The summed E-state index contributed by atoms with van der Waals surface area (Å²) >= 11 is 14.0. The van der Waals surface area contributed by atoms with Crippen LogP contribution >= 0.6 is 34.5 Å². The largest absolute Gasteiger partial charge is 0.494 e. The van der Waals surface area contributed by atoms with Crippen LogP contribution in [0.2, 0.25) is 10.0 Å². The Labute approximate surface area is 513 Å². The molecular weight excluding hydrogens is 1150 g/mol. The molecule has 20 nitrogen and oxygen atoms in total. The monoisotopic (exact) mass is 1230 g/mol. The van der Waals surface area contributed by atoms with Gasteiger partial charge in [0.2, 0.25) is 17.7 Å². The minimum Gasteiger partial charge on any atom is -0.494 e. The summed E-state index contributed by atoms with van der Waals surface area (Å²) in [6.07, 6.45) is 12.5. The van der Waals surface area contributed by atoms with E-state index in [0.29, 0.717) is 136 Å². The number of likely N-dealkylation sites (N-methyl/N-ethyl adjacent to an activating group) is 2. The van der Waals surface area contributed by atoms with Gasteiger partial charge >= 0.3 is 6.03 Å². The first-order valence-corrected chi connectivity index (χ1v) is 30.7. The first kappa shape index (κ1) is 65.8. The van der Waals surface area contributed by atoms with Gasteiger partial charge in [-0.05, 0) is 124 Å². The van der Waals surface area contributed by atoms with Gasteiger partial charge in [0.05, 0.1) is 80.6 Å². The number of amides is 5. The maximum atomic E-state index is 14.0. The number of anilines is 2. The molecular formula is C62H81Cl2N11O9S. The zero-order valence-corrected chi connectivity index (χ0v) is 51.2. The summed E-state index contributed by atoms with van der Waals surface area (Å²) in [4.78, 5) is 65.6. The fourth-order valence-corrected chi connectivity index (χ4v) is 10.1. The second kappa shape index (κ2) is 35.7. The topological polar surface area (TPSA) is 207 Å². The van der Waals surface area contributed by atoms with Crippen LogP contribution in [0.15, 0.2) is 115 Å². The Balaban J connectivity index is 0.669. The van der Waals surface area contributed by atoms with Crippen molar-refractivity contribution in [1.29, 1.82) is 0 Å². The number of halogens is 2. The number of thiazole rings is 1. The fourth-order valence-electron chi connectivity index (χ4n) is 9.08. The van der Waals surface area contributed by atoms with Crippen molar-refractivity contribution < 1.29 is 42.9 Å². The van der Waals surface area contributed by atoms with Gasteiger partial charge in [-0.2, -0.15) is 0 Å². The van der Waals surface area contributed by atoms with Gasteiger partial charge in [-0.3, -0.25) is 19.7 Å². The maximum absolute atomic E-state index is 14.0. The molecule has 1 aliphatic heterocycles. The molecule has 1 atom stereocenters. The van der Waals surface area contributed by atoms with E-state index in [1.165, 1.54) is 11.3 Å². The molecule has 2 aromatic heterocycles. The highest BCUT2D eigenvalue weighted by molar-refractivity contribution is 7.14. The van der Waals surface area contributed by atoms with Crippen LogP contribution < -0.4 is 25.4 Å². The second-order valence-corrected chi connectivity index (χ2v) is 22.7. The maximum Gasteiger partial charge on any atom is 0.325 e. The minimum absolute atomic E-state index is 0.0452. The molecule has 1 saturated heterocycles. The Kier molecular flexibility index (Phi) is 27.6. The molecule has 2 fully saturated rings. The van der Waals surface area contributed by atoms with E-state index in [2.05, 4.69) is 61.3 Å². The van der Waals surface area contributed by atoms with Crippen LogP contribution in [0.25, 0.3) is 0 Å². The molecule has 0 radical (unpaired) electrons. The lowest BCUT2D eigenvalue weighted by Gasteiger charge is -2.32. The fraction of sp³-hybridized carbons (Fsp3) is 0.468. The summed E-state index contributed by atoms with van der Waals surface area (Å²) in [5.74, 6) is 1.39. The Bertz CT molecular complexity index is 2930. The van der Waals surface area contributed by atoms with Crippen molar-refractivity contribution in [1.82, 2.24) is 44.9 Å². The quantitative estimate of drug-likeness (QED) is 0.0250. The number of nitrogens with zero attached hydrogens (tertiary/aromatic N) is 8. The minimum atomic E-state index is -0.881. The summed E-state index contributed by atoms with van der Waals surface area (Å²) in [5.41, 5.74) is 4.47.